The maximum absolute atomic E-state index is 10.5. The molecule has 0 saturated heterocycles. The van der Waals surface area contributed by atoms with Gasteiger partial charge >= 0.3 is 0 Å². The summed E-state index contributed by atoms with van der Waals surface area (Å²) in [6.45, 7) is -12.8. The molecule has 12 aromatic rings. The fourth-order valence-corrected chi connectivity index (χ4v) is 11.4. The van der Waals surface area contributed by atoms with Gasteiger partial charge in [0, 0.05) is 53.2 Å². The lowest BCUT2D eigenvalue weighted by Gasteiger charge is -2.42. The average molecular weight is 1110 g/mol. The molecule has 0 spiro atoms. The summed E-state index contributed by atoms with van der Waals surface area (Å²) in [5.41, 5.74) is -19.6. The van der Waals surface area contributed by atoms with Crippen LogP contribution in [0.5, 0.6) is 11.5 Å². The number of aryl methyl sites for hydroxylation is 2. The molecule has 0 atom stereocenters. The molecule has 1 aliphatic carbocycles. The fourth-order valence-electron chi connectivity index (χ4n) is 11.4. The zero-order chi connectivity index (χ0) is 85.6. The first kappa shape index (κ1) is 27.5. The van der Waals surface area contributed by atoms with E-state index in [1.165, 1.54) is 57.7 Å². The van der Waals surface area contributed by atoms with Crippen LogP contribution in [0.2, 0.25) is 0 Å². The highest BCUT2D eigenvalue weighted by Gasteiger charge is 2.38. The van der Waals surface area contributed by atoms with Gasteiger partial charge in [-0.1, -0.05) is 196 Å². The molecular formula is C78H72N4O. The van der Waals surface area contributed by atoms with Crippen molar-refractivity contribution in [3.8, 4) is 84.3 Å². The van der Waals surface area contributed by atoms with Gasteiger partial charge in [0.2, 0.25) is 0 Å². The van der Waals surface area contributed by atoms with Gasteiger partial charge in [-0.05, 0) is 192 Å². The van der Waals surface area contributed by atoms with Crippen LogP contribution in [0.4, 0.5) is 0 Å². The highest BCUT2D eigenvalue weighted by atomic mass is 16.5. The number of ether oxygens (including phenoxy) is 1. The lowest BCUT2D eigenvalue weighted by molar-refractivity contribution is -0.570. The zero-order valence-corrected chi connectivity index (χ0v) is 45.8. The lowest BCUT2D eigenvalue weighted by Crippen LogP contribution is -2.33. The number of nitrogens with zero attached hydrogens (tertiary/aromatic N) is 4. The Bertz CT molecular complexity index is 6150. The summed E-state index contributed by atoms with van der Waals surface area (Å²) >= 11 is 0. The molecule has 3 aromatic heterocycles. The summed E-state index contributed by atoms with van der Waals surface area (Å²) in [6.07, 6.45) is -4.44. The highest BCUT2D eigenvalue weighted by molar-refractivity contribution is 6.10. The first-order chi connectivity index (χ1) is 53.3. The monoisotopic (exact) mass is 1110 g/mol. The largest absolute Gasteiger partial charge is 0.458 e. The van der Waals surface area contributed by atoms with Crippen molar-refractivity contribution in [1.29, 1.82) is 0 Å². The molecule has 5 heteroatoms. The maximum atomic E-state index is 10.5. The minimum Gasteiger partial charge on any atom is -0.458 e. The van der Waals surface area contributed by atoms with E-state index in [-0.39, 0.29) is 56.0 Å². The third-order valence-electron chi connectivity index (χ3n) is 15.5. The number of benzene rings is 9. The van der Waals surface area contributed by atoms with E-state index in [0.717, 1.165) is 34.0 Å². The van der Waals surface area contributed by atoms with Gasteiger partial charge in [0.25, 0.3) is 6.33 Å². The normalized spacial score (nSPS) is 22.3. The molecule has 0 fully saturated rings. The van der Waals surface area contributed by atoms with Crippen molar-refractivity contribution in [2.45, 2.75) is 117 Å². The Morgan fingerprint density at radius 3 is 1.93 bits per heavy atom. The number of hydrogen-bond donors (Lipinski definition) is 0. The third kappa shape index (κ3) is 8.64. The molecule has 0 radical (unpaired) electrons. The molecule has 0 saturated carbocycles. The predicted molar refractivity (Wildman–Crippen MR) is 345 cm³/mol. The molecule has 5 nitrogen and oxygen atoms in total. The molecule has 0 unspecified atom stereocenters. The van der Waals surface area contributed by atoms with Crippen LogP contribution in [0.25, 0.3) is 106 Å². The van der Waals surface area contributed by atoms with Crippen molar-refractivity contribution >= 4 is 32.8 Å². The van der Waals surface area contributed by atoms with Gasteiger partial charge in [-0.2, -0.15) is 0 Å². The number of imidazole rings is 1. The molecule has 4 heterocycles. The quantitative estimate of drug-likeness (QED) is 0.123. The molecule has 0 N–H and O–H groups in total. The van der Waals surface area contributed by atoms with Gasteiger partial charge < -0.3 is 4.74 Å². The van der Waals surface area contributed by atoms with E-state index in [0.29, 0.717) is 11.3 Å². The Morgan fingerprint density at radius 1 is 0.566 bits per heavy atom. The van der Waals surface area contributed by atoms with Gasteiger partial charge in [0.05, 0.1) is 48.5 Å². The van der Waals surface area contributed by atoms with E-state index < -0.39 is 203 Å². The van der Waals surface area contributed by atoms with E-state index in [9.17, 15) is 20.6 Å². The SMILES string of the molecule is [2H]c1c([2H])c([2H])c2c(c1[2H])-c1cc(C(C)(C)C)cc(-c3c(C([2H])([2H])[2H])cccc3C([2H])([2H])[2H])c1-[n+]1[c-]n(-c3cccc(Oc4ccc5c6ccccc6n(-c6cc(C(C)(C)C)ccn6)c5c4)c3)c3cc(-c4c([2H])c([2H])c5c(c4[2H])C(C([2H])([2H])[2H])(C([2H])([2H])[2H])C([2H])([2H])C([2H])([2H])C5(C([2H])([2H])[2H])C([2H])([2H])[2H])cc(c31)-c1c([2H])c([2H])c([2H])c([2H])c1-2. The minimum atomic E-state index is -4.77. The first-order valence-electron chi connectivity index (χ1n) is 43.3. The first-order valence-corrected chi connectivity index (χ1v) is 26.8. The second-order valence-corrected chi connectivity index (χ2v) is 23.1. The summed E-state index contributed by atoms with van der Waals surface area (Å²) in [5.74, 6) is 0.902. The Balaban J connectivity index is 1.22. The highest BCUT2D eigenvalue weighted by Crippen LogP contribution is 2.51. The Hall–Kier alpha value is -8.80. The maximum Gasteiger partial charge on any atom is 0.269 e. The van der Waals surface area contributed by atoms with Crippen LogP contribution in [0, 0.1) is 20.0 Å². The van der Waals surface area contributed by atoms with Crippen molar-refractivity contribution in [3.05, 3.63) is 234 Å². The molecule has 410 valence electrons. The van der Waals surface area contributed by atoms with Crippen LogP contribution in [0.3, 0.4) is 0 Å². The number of fused-ring (bicyclic) bond motifs is 11. The Kier molecular flexibility index (Phi) is 6.26. The van der Waals surface area contributed by atoms with Crippen LogP contribution in [-0.2, 0) is 21.7 Å². The van der Waals surface area contributed by atoms with Gasteiger partial charge in [0.15, 0.2) is 0 Å². The second-order valence-electron chi connectivity index (χ2n) is 23.1. The van der Waals surface area contributed by atoms with Crippen LogP contribution >= 0.6 is 0 Å². The molecule has 1 aliphatic heterocycles. The molecule has 83 heavy (non-hydrogen) atoms. The number of hydrogen-bond acceptors (Lipinski definition) is 2. The third-order valence-corrected chi connectivity index (χ3v) is 15.5. The van der Waals surface area contributed by atoms with E-state index in [1.807, 2.05) is 47.0 Å². The number of para-hydroxylation sites is 1. The molecule has 0 bridgehead atoms. The molecule has 0 amide bonds. The van der Waals surface area contributed by atoms with E-state index in [2.05, 4.69) is 27.1 Å². The van der Waals surface area contributed by atoms with E-state index >= 15 is 0 Å². The van der Waals surface area contributed by atoms with Gasteiger partial charge in [-0.3, -0.25) is 13.7 Å². The average Bonchev–Trinajstić information content (AvgIpc) is 0.733. The van der Waals surface area contributed by atoms with Crippen molar-refractivity contribution in [2.24, 2.45) is 0 Å². The molecule has 9 aromatic carbocycles. The van der Waals surface area contributed by atoms with Crippen LogP contribution in [-0.4, -0.2) is 14.1 Å². The molecule has 2 aliphatic rings. The summed E-state index contributed by atoms with van der Waals surface area (Å²) in [4.78, 5) is 4.82. The predicted octanol–water partition coefficient (Wildman–Crippen LogP) is 20.2. The lowest BCUT2D eigenvalue weighted by atomic mass is 9.63. The summed E-state index contributed by atoms with van der Waals surface area (Å²) in [7, 11) is 0. The summed E-state index contributed by atoms with van der Waals surface area (Å²) < 4.78 is 323. The number of pyridine rings is 1. The summed E-state index contributed by atoms with van der Waals surface area (Å²) in [5, 5.41) is 1.69. The molecule has 14 rings (SSSR count). The van der Waals surface area contributed by atoms with Crippen LogP contribution < -0.4 is 9.30 Å². The Labute approximate surface area is 535 Å². The topological polar surface area (TPSA) is 35.9 Å². The van der Waals surface area contributed by atoms with Crippen LogP contribution in [0.1, 0.15) is 160 Å². The van der Waals surface area contributed by atoms with Crippen LogP contribution in [0.15, 0.2) is 194 Å². The standard InChI is InChI=1S/C78H72N4O/c1-48-21-19-22-49(2)72(48)65-43-53(76(6,7)8)42-64-60-28-16-14-26-58(60)57-25-13-15-27-59(57)63-39-51(50-31-34-66-67(40-50)78(11,12)37-36-77(66,9)10)41-70-74(63)81(73(64)65)47-80(70)54-23-20-24-55(45-54)83-56-32-33-62-61-29-17-18-30-68(61)82(69(62)46-56)71-44-52(35-38-79-71)75(3,4)5/h13-35,38-46H,36-37H2,1-12H3/i1D3,2D3,9D3,10D3,11D3,12D3,13D,14D,15D,16D,25D,26D,27D,28D,31D,34D,36D2,37D2,40D. The number of rotatable bonds is 6. The molecular weight excluding hydrogens is 1010 g/mol. The van der Waals surface area contributed by atoms with E-state index in [1.54, 1.807) is 45.2 Å². The number of aromatic nitrogens is 4. The summed E-state index contributed by atoms with van der Waals surface area (Å²) in [6, 6.07) is 19.2. The van der Waals surface area contributed by atoms with Gasteiger partial charge in [-0.25, -0.2) is 4.98 Å². The van der Waals surface area contributed by atoms with Crippen molar-refractivity contribution < 1.29 is 54.5 Å². The smallest absolute Gasteiger partial charge is 0.269 e. The van der Waals surface area contributed by atoms with E-state index in [4.69, 9.17) is 34.4 Å². The second kappa shape index (κ2) is 18.9. The van der Waals surface area contributed by atoms with Gasteiger partial charge in [-0.15, -0.1) is 0 Å². The minimum absolute atomic E-state index is 0.00835. The van der Waals surface area contributed by atoms with Crippen molar-refractivity contribution in [2.75, 3.05) is 0 Å². The Morgan fingerprint density at radius 2 is 1.22 bits per heavy atom. The fraction of sp³-hybridized carbons (Fsp3) is 0.231. The van der Waals surface area contributed by atoms with Crippen molar-refractivity contribution in [3.63, 3.8) is 0 Å². The van der Waals surface area contributed by atoms with Gasteiger partial charge in [0.1, 0.15) is 17.3 Å². The van der Waals surface area contributed by atoms with Crippen molar-refractivity contribution in [1.82, 2.24) is 14.1 Å². The zero-order valence-electron chi connectivity index (χ0n) is 78.8.